The molecule has 0 aliphatic heterocycles. The van der Waals surface area contributed by atoms with Crippen LogP contribution in [0.4, 0.5) is 0 Å². The first-order valence-electron chi connectivity index (χ1n) is 8.30. The van der Waals surface area contributed by atoms with E-state index >= 15 is 0 Å². The second-order valence-electron chi connectivity index (χ2n) is 7.02. The molecule has 2 rings (SSSR count). The predicted molar refractivity (Wildman–Crippen MR) is 89.7 cm³/mol. The number of rotatable bonds is 5. The molecule has 2 amide bonds. The number of fused-ring (bicyclic) bond motifs is 1. The fraction of sp³-hybridized carbons (Fsp3) is 0.875. The molecule has 5 nitrogen and oxygen atoms in total. The van der Waals surface area contributed by atoms with E-state index in [4.69, 9.17) is 5.73 Å². The van der Waals surface area contributed by atoms with Crippen molar-refractivity contribution in [3.8, 4) is 0 Å². The smallest absolute Gasteiger partial charge is 0.239 e. The molecule has 0 bridgehead atoms. The number of halogens is 1. The van der Waals surface area contributed by atoms with Gasteiger partial charge in [-0.05, 0) is 37.0 Å². The lowest BCUT2D eigenvalue weighted by atomic mass is 9.79. The van der Waals surface area contributed by atoms with Gasteiger partial charge in [-0.3, -0.25) is 9.59 Å². The van der Waals surface area contributed by atoms with Gasteiger partial charge in [0.25, 0.3) is 0 Å². The molecule has 2 aliphatic rings. The third-order valence-corrected chi connectivity index (χ3v) is 5.10. The van der Waals surface area contributed by atoms with Crippen LogP contribution in [-0.2, 0) is 9.59 Å². The topological polar surface area (TPSA) is 84.2 Å². The van der Waals surface area contributed by atoms with Gasteiger partial charge in [0.05, 0.1) is 12.6 Å². The highest BCUT2D eigenvalue weighted by molar-refractivity contribution is 5.87. The molecule has 0 radical (unpaired) electrons. The Kier molecular flexibility index (Phi) is 7.63. The fourth-order valence-electron chi connectivity index (χ4n) is 3.70. The average Bonchev–Trinajstić information content (AvgIpc) is 2.91. The SMILES string of the molecule is CC(C)[C@H](N)C(=O)NCC(=O)NC1CCC2CCCC2C1.Cl. The number of hydrogen-bond acceptors (Lipinski definition) is 3. The van der Waals surface area contributed by atoms with Crippen molar-refractivity contribution in [2.75, 3.05) is 6.54 Å². The summed E-state index contributed by atoms with van der Waals surface area (Å²) in [7, 11) is 0. The van der Waals surface area contributed by atoms with Crippen LogP contribution in [0.25, 0.3) is 0 Å². The van der Waals surface area contributed by atoms with E-state index in [-0.39, 0.29) is 42.7 Å². The van der Waals surface area contributed by atoms with E-state index in [1.807, 2.05) is 13.8 Å². The number of carbonyl (C=O) groups excluding carboxylic acids is 2. The Hall–Kier alpha value is -0.810. The van der Waals surface area contributed by atoms with Crippen molar-refractivity contribution in [1.29, 1.82) is 0 Å². The van der Waals surface area contributed by atoms with E-state index in [0.29, 0.717) is 0 Å². The van der Waals surface area contributed by atoms with Crippen LogP contribution in [0.5, 0.6) is 0 Å². The van der Waals surface area contributed by atoms with Crippen molar-refractivity contribution in [1.82, 2.24) is 10.6 Å². The van der Waals surface area contributed by atoms with Crippen molar-refractivity contribution in [3.05, 3.63) is 0 Å². The molecule has 2 fully saturated rings. The van der Waals surface area contributed by atoms with Gasteiger partial charge in [0, 0.05) is 6.04 Å². The highest BCUT2D eigenvalue weighted by atomic mass is 35.5. The molecular formula is C16H30ClN3O2. The lowest BCUT2D eigenvalue weighted by Crippen LogP contribution is -2.49. The Morgan fingerprint density at radius 2 is 1.82 bits per heavy atom. The molecule has 4 atom stereocenters. The third kappa shape index (κ3) is 5.13. The van der Waals surface area contributed by atoms with Crippen molar-refractivity contribution >= 4 is 24.2 Å². The zero-order valence-electron chi connectivity index (χ0n) is 13.6. The van der Waals surface area contributed by atoms with Gasteiger partial charge in [-0.1, -0.05) is 33.1 Å². The highest BCUT2D eigenvalue weighted by Crippen LogP contribution is 2.41. The Balaban J connectivity index is 0.00000242. The van der Waals surface area contributed by atoms with Crippen LogP contribution >= 0.6 is 12.4 Å². The van der Waals surface area contributed by atoms with E-state index in [1.165, 1.54) is 25.7 Å². The van der Waals surface area contributed by atoms with Gasteiger partial charge in [0.15, 0.2) is 0 Å². The standard InChI is InChI=1S/C16H29N3O2.ClH/c1-10(2)15(17)16(21)18-9-14(20)19-13-7-6-11-4-3-5-12(11)8-13;/h10-13,15H,3-9,17H2,1-2H3,(H,18,21)(H,19,20);1H/t11?,12?,13?,15-;/m0./s1. The zero-order valence-corrected chi connectivity index (χ0v) is 14.5. The normalized spacial score (nSPS) is 28.5. The summed E-state index contributed by atoms with van der Waals surface area (Å²) in [5.41, 5.74) is 5.75. The minimum atomic E-state index is -0.549. The minimum absolute atomic E-state index is 0. The van der Waals surface area contributed by atoms with E-state index in [1.54, 1.807) is 0 Å². The molecule has 0 saturated heterocycles. The Labute approximate surface area is 139 Å². The van der Waals surface area contributed by atoms with Crippen LogP contribution in [0, 0.1) is 17.8 Å². The quantitative estimate of drug-likeness (QED) is 0.715. The molecule has 22 heavy (non-hydrogen) atoms. The summed E-state index contributed by atoms with van der Waals surface area (Å²) in [6.45, 7) is 3.82. The fourth-order valence-corrected chi connectivity index (χ4v) is 3.70. The Morgan fingerprint density at radius 1 is 1.14 bits per heavy atom. The first-order valence-corrected chi connectivity index (χ1v) is 8.30. The second kappa shape index (κ2) is 8.73. The van der Waals surface area contributed by atoms with Gasteiger partial charge in [-0.15, -0.1) is 12.4 Å². The molecule has 0 aromatic carbocycles. The largest absolute Gasteiger partial charge is 0.352 e. The molecule has 0 aromatic rings. The van der Waals surface area contributed by atoms with Crippen molar-refractivity contribution in [2.24, 2.45) is 23.5 Å². The van der Waals surface area contributed by atoms with Crippen molar-refractivity contribution < 1.29 is 9.59 Å². The maximum atomic E-state index is 11.9. The maximum Gasteiger partial charge on any atom is 0.239 e. The molecule has 0 spiro atoms. The monoisotopic (exact) mass is 331 g/mol. The van der Waals surface area contributed by atoms with Gasteiger partial charge in [-0.2, -0.15) is 0 Å². The van der Waals surface area contributed by atoms with E-state index in [2.05, 4.69) is 10.6 Å². The summed E-state index contributed by atoms with van der Waals surface area (Å²) in [4.78, 5) is 23.6. The average molecular weight is 332 g/mol. The number of hydrogen-bond donors (Lipinski definition) is 3. The number of nitrogens with one attached hydrogen (secondary N) is 2. The van der Waals surface area contributed by atoms with Crippen LogP contribution in [0.2, 0.25) is 0 Å². The van der Waals surface area contributed by atoms with E-state index in [0.717, 1.165) is 24.7 Å². The molecular weight excluding hydrogens is 302 g/mol. The van der Waals surface area contributed by atoms with Gasteiger partial charge in [0.1, 0.15) is 0 Å². The number of nitrogens with two attached hydrogens (primary N) is 1. The summed E-state index contributed by atoms with van der Waals surface area (Å²) >= 11 is 0. The molecule has 4 N–H and O–H groups in total. The van der Waals surface area contributed by atoms with Crippen molar-refractivity contribution in [3.63, 3.8) is 0 Å². The summed E-state index contributed by atoms with van der Waals surface area (Å²) in [6.07, 6.45) is 7.45. The summed E-state index contributed by atoms with van der Waals surface area (Å²) in [5.74, 6) is 1.42. The lowest BCUT2D eigenvalue weighted by molar-refractivity contribution is -0.127. The third-order valence-electron chi connectivity index (χ3n) is 5.10. The van der Waals surface area contributed by atoms with E-state index < -0.39 is 6.04 Å². The first-order chi connectivity index (χ1) is 9.97. The van der Waals surface area contributed by atoms with Gasteiger partial charge in [0.2, 0.25) is 11.8 Å². The molecule has 3 unspecified atom stereocenters. The lowest BCUT2D eigenvalue weighted by Gasteiger charge is -2.32. The van der Waals surface area contributed by atoms with E-state index in [9.17, 15) is 9.59 Å². The zero-order chi connectivity index (χ0) is 15.4. The Bertz CT molecular complexity index is 390. The van der Waals surface area contributed by atoms with Crippen LogP contribution in [0.1, 0.15) is 52.4 Å². The van der Waals surface area contributed by atoms with Gasteiger partial charge >= 0.3 is 0 Å². The highest BCUT2D eigenvalue weighted by Gasteiger charge is 2.34. The van der Waals surface area contributed by atoms with Gasteiger partial charge in [-0.25, -0.2) is 0 Å². The Morgan fingerprint density at radius 3 is 2.50 bits per heavy atom. The number of amides is 2. The van der Waals surface area contributed by atoms with Crippen LogP contribution in [0.3, 0.4) is 0 Å². The van der Waals surface area contributed by atoms with Gasteiger partial charge < -0.3 is 16.4 Å². The molecule has 0 aromatic heterocycles. The maximum absolute atomic E-state index is 11.9. The van der Waals surface area contributed by atoms with Crippen LogP contribution < -0.4 is 16.4 Å². The molecule has 6 heteroatoms. The second-order valence-corrected chi connectivity index (χ2v) is 7.02. The molecule has 2 saturated carbocycles. The van der Waals surface area contributed by atoms with Crippen molar-refractivity contribution in [2.45, 2.75) is 64.5 Å². The minimum Gasteiger partial charge on any atom is -0.352 e. The summed E-state index contributed by atoms with van der Waals surface area (Å²) < 4.78 is 0. The number of carbonyl (C=O) groups is 2. The molecule has 0 heterocycles. The van der Waals surface area contributed by atoms with Crippen LogP contribution in [-0.4, -0.2) is 30.4 Å². The predicted octanol–water partition coefficient (Wildman–Crippen LogP) is 1.59. The molecule has 128 valence electrons. The molecule has 2 aliphatic carbocycles. The van der Waals surface area contributed by atoms with Crippen LogP contribution in [0.15, 0.2) is 0 Å². The first kappa shape index (κ1) is 19.2. The summed E-state index contributed by atoms with van der Waals surface area (Å²) in [6, 6.07) is -0.265. The summed E-state index contributed by atoms with van der Waals surface area (Å²) in [5, 5.41) is 5.68.